The summed E-state index contributed by atoms with van der Waals surface area (Å²) in [5.74, 6) is 0. The number of nitrogens with zero attached hydrogens (tertiary/aromatic N) is 1. The molecule has 1 heterocycles. The third-order valence-corrected chi connectivity index (χ3v) is 0.814. The Labute approximate surface area is 48.1 Å². The molecule has 0 radical (unpaired) electrons. The van der Waals surface area contributed by atoms with E-state index in [0.29, 0.717) is 0 Å². The van der Waals surface area contributed by atoms with Crippen LogP contribution in [-0.2, 0) is 0 Å². The Morgan fingerprint density at radius 3 is 3.25 bits per heavy atom. The fraction of sp³-hybridized carbons (Fsp3) is 0.167. The van der Waals surface area contributed by atoms with Gasteiger partial charge in [-0.15, -0.1) is 0 Å². The van der Waals surface area contributed by atoms with E-state index in [1.54, 1.807) is 6.20 Å². The van der Waals surface area contributed by atoms with Gasteiger partial charge in [0.2, 0.25) is 0 Å². The molecule has 0 aromatic carbocycles. The maximum atomic E-state index is 5.40. The quantitative estimate of drug-likeness (QED) is 0.486. The molecule has 0 amide bonds. The van der Waals surface area contributed by atoms with Crippen molar-refractivity contribution in [3.05, 3.63) is 29.3 Å². The van der Waals surface area contributed by atoms with Crippen LogP contribution >= 0.6 is 0 Å². The second-order valence-electron chi connectivity index (χ2n) is 1.51. The van der Waals surface area contributed by atoms with E-state index in [-0.39, 0.29) is 6.04 Å². The third-order valence-electron chi connectivity index (χ3n) is 0.814. The Hall–Kier alpha value is -1.07. The van der Waals surface area contributed by atoms with Gasteiger partial charge in [-0.25, -0.2) is 0 Å². The summed E-state index contributed by atoms with van der Waals surface area (Å²) < 4.78 is 0. The van der Waals surface area contributed by atoms with Crippen molar-refractivity contribution in [2.75, 3.05) is 0 Å². The summed E-state index contributed by atoms with van der Waals surface area (Å²) in [5, 5.41) is 0. The lowest BCUT2D eigenvalue weighted by Gasteiger charge is -1.79. The molecule has 2 N–H and O–H groups in total. The van der Waals surface area contributed by atoms with E-state index in [0.717, 1.165) is 0 Å². The molecule has 1 atom stereocenters. The van der Waals surface area contributed by atoms with Crippen molar-refractivity contribution in [3.63, 3.8) is 0 Å². The van der Waals surface area contributed by atoms with Crippen LogP contribution in [0.15, 0.2) is 24.4 Å². The molecule has 0 aromatic heterocycles. The highest BCUT2D eigenvalue weighted by molar-refractivity contribution is 5.21. The van der Waals surface area contributed by atoms with E-state index in [9.17, 15) is 0 Å². The predicted molar refractivity (Wildman–Crippen MR) is 33.5 cm³/mol. The number of hydrogen-bond acceptors (Lipinski definition) is 1. The molecule has 0 unspecified atom stereocenters. The van der Waals surface area contributed by atoms with Gasteiger partial charge in [-0.2, -0.15) is 0 Å². The van der Waals surface area contributed by atoms with E-state index in [4.69, 9.17) is 5.73 Å². The van der Waals surface area contributed by atoms with E-state index >= 15 is 0 Å². The number of allylic oxidation sites excluding steroid dienone is 2. The summed E-state index contributed by atoms with van der Waals surface area (Å²) in [7, 11) is 0. The monoisotopic (exact) mass is 107 g/mol. The van der Waals surface area contributed by atoms with Crippen molar-refractivity contribution in [1.29, 1.82) is 0 Å². The van der Waals surface area contributed by atoms with Crippen LogP contribution in [0.3, 0.4) is 0 Å². The van der Waals surface area contributed by atoms with Gasteiger partial charge in [-0.05, 0) is 10.9 Å². The molecule has 1 aliphatic rings. The van der Waals surface area contributed by atoms with Crippen LogP contribution in [0, 0.1) is 6.07 Å². The standard InChI is InChI=1S/C6H7N2/c7-6-3-1-2-4-8-5-6/h1-4,6H,7H2/q+1/t6-/m0/s1. The van der Waals surface area contributed by atoms with Crippen molar-refractivity contribution in [1.82, 2.24) is 0 Å². The first-order valence-electron chi connectivity index (χ1n) is 2.44. The molecule has 8 heavy (non-hydrogen) atoms. The molecule has 0 saturated heterocycles. The summed E-state index contributed by atoms with van der Waals surface area (Å²) >= 11 is 0. The lowest BCUT2D eigenvalue weighted by molar-refractivity contribution is 1.07. The summed E-state index contributed by atoms with van der Waals surface area (Å²) in [4.78, 5) is 3.73. The Kier molecular flexibility index (Phi) is 1.45. The summed E-state index contributed by atoms with van der Waals surface area (Å²) in [6.45, 7) is 0. The SMILES string of the molecule is N[C@@H]1C#[N+]C=CC=C1. The zero-order chi connectivity index (χ0) is 5.82. The molecule has 0 aliphatic carbocycles. The number of rotatable bonds is 0. The first-order chi connectivity index (χ1) is 3.89. The van der Waals surface area contributed by atoms with Crippen molar-refractivity contribution >= 4 is 0 Å². The first kappa shape index (κ1) is 5.07. The molecule has 0 spiro atoms. The zero-order valence-corrected chi connectivity index (χ0v) is 4.41. The molecular formula is C6H7N2+. The van der Waals surface area contributed by atoms with Gasteiger partial charge in [-0.3, -0.25) is 0 Å². The van der Waals surface area contributed by atoms with Gasteiger partial charge in [0.05, 0.1) is 0 Å². The van der Waals surface area contributed by atoms with Gasteiger partial charge < -0.3 is 5.73 Å². The maximum absolute atomic E-state index is 5.40. The van der Waals surface area contributed by atoms with Gasteiger partial charge in [0.15, 0.2) is 6.04 Å². The van der Waals surface area contributed by atoms with E-state index in [1.807, 2.05) is 18.2 Å². The van der Waals surface area contributed by atoms with Gasteiger partial charge in [-0.1, -0.05) is 6.08 Å². The summed E-state index contributed by atoms with van der Waals surface area (Å²) in [6.07, 6.45) is 7.16. The minimum absolute atomic E-state index is 0.134. The molecule has 0 fully saturated rings. The van der Waals surface area contributed by atoms with Gasteiger partial charge in [0, 0.05) is 6.08 Å². The third kappa shape index (κ3) is 1.21. The molecule has 0 saturated carbocycles. The summed E-state index contributed by atoms with van der Waals surface area (Å²) in [5.41, 5.74) is 5.40. The van der Waals surface area contributed by atoms with Crippen LogP contribution in [0.1, 0.15) is 0 Å². The van der Waals surface area contributed by atoms with Crippen LogP contribution in [0.5, 0.6) is 0 Å². The molecule has 1 rings (SSSR count). The van der Waals surface area contributed by atoms with Gasteiger partial charge in [0.1, 0.15) is 0 Å². The maximum Gasteiger partial charge on any atom is 0.305 e. The van der Waals surface area contributed by atoms with Gasteiger partial charge in [0.25, 0.3) is 0 Å². The zero-order valence-electron chi connectivity index (χ0n) is 4.41. The Bertz CT molecular complexity index is 180. The molecule has 2 nitrogen and oxygen atoms in total. The van der Waals surface area contributed by atoms with Crippen molar-refractivity contribution in [2.45, 2.75) is 6.04 Å². The molecule has 0 aromatic rings. The van der Waals surface area contributed by atoms with Crippen molar-refractivity contribution in [2.24, 2.45) is 5.73 Å². The molecular weight excluding hydrogens is 100 g/mol. The Morgan fingerprint density at radius 2 is 2.38 bits per heavy atom. The molecule has 2 heteroatoms. The predicted octanol–water partition coefficient (Wildman–Crippen LogP) is 0.730. The smallest absolute Gasteiger partial charge is 0.305 e. The topological polar surface area (TPSA) is 30.4 Å². The fourth-order valence-electron chi connectivity index (χ4n) is 0.449. The normalized spacial score (nSPS) is 23.9. The number of nitrogens with two attached hydrogens (primary N) is 1. The average Bonchev–Trinajstić information content (AvgIpc) is 1.94. The van der Waals surface area contributed by atoms with Crippen LogP contribution in [0.4, 0.5) is 0 Å². The van der Waals surface area contributed by atoms with Crippen LogP contribution < -0.4 is 5.73 Å². The highest BCUT2D eigenvalue weighted by atomic mass is 14.7. The van der Waals surface area contributed by atoms with Crippen LogP contribution in [0.2, 0.25) is 0 Å². The fourth-order valence-corrected chi connectivity index (χ4v) is 0.449. The lowest BCUT2D eigenvalue weighted by atomic mass is 10.3. The summed E-state index contributed by atoms with van der Waals surface area (Å²) in [6, 6.07) is 2.54. The largest absolute Gasteiger partial charge is 0.309 e. The lowest BCUT2D eigenvalue weighted by Crippen LogP contribution is -2.12. The second-order valence-corrected chi connectivity index (χ2v) is 1.51. The highest BCUT2D eigenvalue weighted by Gasteiger charge is 1.97. The molecule has 1 aliphatic heterocycles. The van der Waals surface area contributed by atoms with Crippen LogP contribution in [-0.4, -0.2) is 6.04 Å². The molecule has 0 bridgehead atoms. The van der Waals surface area contributed by atoms with Crippen LogP contribution in [0.25, 0.3) is 4.85 Å². The van der Waals surface area contributed by atoms with Crippen molar-refractivity contribution < 1.29 is 0 Å². The minimum atomic E-state index is -0.134. The molecule has 40 valence electrons. The number of hydrogen-bond donors (Lipinski definition) is 1. The Morgan fingerprint density at radius 1 is 1.50 bits per heavy atom. The minimum Gasteiger partial charge on any atom is -0.309 e. The van der Waals surface area contributed by atoms with E-state index in [1.165, 1.54) is 0 Å². The van der Waals surface area contributed by atoms with Crippen molar-refractivity contribution in [3.8, 4) is 6.07 Å². The highest BCUT2D eigenvalue weighted by Crippen LogP contribution is 1.88. The van der Waals surface area contributed by atoms with E-state index < -0.39 is 0 Å². The Balaban J connectivity index is 2.73. The van der Waals surface area contributed by atoms with E-state index in [2.05, 4.69) is 10.9 Å². The average molecular weight is 107 g/mol. The van der Waals surface area contributed by atoms with Gasteiger partial charge >= 0.3 is 12.3 Å². The second kappa shape index (κ2) is 2.29. The first-order valence-corrected chi connectivity index (χ1v) is 2.44.